The number of hydrogen-bond acceptors (Lipinski definition) is 5. The number of aryl methyl sites for hydroxylation is 3. The predicted molar refractivity (Wildman–Crippen MR) is 93.7 cm³/mol. The molecule has 0 radical (unpaired) electrons. The largest absolute Gasteiger partial charge is 0.345 e. The van der Waals surface area contributed by atoms with Crippen molar-refractivity contribution in [2.24, 2.45) is 4.99 Å². The van der Waals surface area contributed by atoms with Gasteiger partial charge < -0.3 is 5.32 Å². The lowest BCUT2D eigenvalue weighted by Gasteiger charge is -2.05. The average molecular weight is 324 g/mol. The van der Waals surface area contributed by atoms with Crippen LogP contribution in [0.1, 0.15) is 33.3 Å². The zero-order valence-electron chi connectivity index (χ0n) is 14.1. The first-order valence-corrected chi connectivity index (χ1v) is 7.39. The van der Waals surface area contributed by atoms with E-state index in [1.54, 1.807) is 23.9 Å². The van der Waals surface area contributed by atoms with Crippen LogP contribution in [-0.2, 0) is 6.54 Å². The number of carbonyl (C=O) groups excluding carboxylic acids is 1. The molecular weight excluding hydrogens is 304 g/mol. The molecule has 124 valence electrons. The Morgan fingerprint density at radius 2 is 2.00 bits per heavy atom. The molecule has 0 atom stereocenters. The Labute approximate surface area is 140 Å². The van der Waals surface area contributed by atoms with E-state index >= 15 is 0 Å². The molecule has 0 saturated heterocycles. The van der Waals surface area contributed by atoms with Crippen LogP contribution >= 0.6 is 0 Å². The normalized spacial score (nSPS) is 11.2. The standard InChI is InChI=1S/C17H20N6O/c1-6-14(8-18-5)23-10-15(13(4)22-23)17(24)19-9-16-20-11(2)7-12(3)21-16/h6-8,10H,1,5,9H2,2-4H3,(H,19,24)/b14-8+. The van der Waals surface area contributed by atoms with Gasteiger partial charge in [0.1, 0.15) is 5.82 Å². The molecular formula is C17H20N6O. The molecule has 0 aliphatic heterocycles. The maximum Gasteiger partial charge on any atom is 0.255 e. The molecule has 2 heterocycles. The maximum absolute atomic E-state index is 12.4. The Hall–Kier alpha value is -3.09. The fourth-order valence-corrected chi connectivity index (χ4v) is 2.25. The van der Waals surface area contributed by atoms with Gasteiger partial charge in [-0.15, -0.1) is 0 Å². The van der Waals surface area contributed by atoms with Gasteiger partial charge in [-0.3, -0.25) is 9.79 Å². The van der Waals surface area contributed by atoms with Crippen LogP contribution in [0.5, 0.6) is 0 Å². The summed E-state index contributed by atoms with van der Waals surface area (Å²) in [6.45, 7) is 12.9. The van der Waals surface area contributed by atoms with Gasteiger partial charge in [-0.05, 0) is 39.6 Å². The smallest absolute Gasteiger partial charge is 0.255 e. The highest BCUT2D eigenvalue weighted by Crippen LogP contribution is 2.12. The minimum absolute atomic E-state index is 0.239. The van der Waals surface area contributed by atoms with Crippen molar-refractivity contribution in [2.75, 3.05) is 0 Å². The van der Waals surface area contributed by atoms with Crippen molar-refractivity contribution >= 4 is 18.3 Å². The summed E-state index contributed by atoms with van der Waals surface area (Å²) >= 11 is 0. The number of allylic oxidation sites excluding steroid dienone is 2. The molecule has 2 aromatic heterocycles. The number of nitrogens with zero attached hydrogens (tertiary/aromatic N) is 5. The second-order valence-corrected chi connectivity index (χ2v) is 5.26. The van der Waals surface area contributed by atoms with Gasteiger partial charge in [-0.1, -0.05) is 6.58 Å². The molecule has 0 bridgehead atoms. The number of hydrogen-bond donors (Lipinski definition) is 1. The molecule has 1 amide bonds. The van der Waals surface area contributed by atoms with E-state index in [1.165, 1.54) is 6.20 Å². The Balaban J connectivity index is 2.15. The summed E-state index contributed by atoms with van der Waals surface area (Å²) in [6.07, 6.45) is 4.74. The number of amides is 1. The highest BCUT2D eigenvalue weighted by atomic mass is 16.1. The molecule has 0 aliphatic rings. The Morgan fingerprint density at radius 3 is 2.58 bits per heavy atom. The van der Waals surface area contributed by atoms with E-state index in [1.807, 2.05) is 19.9 Å². The van der Waals surface area contributed by atoms with Crippen LogP contribution in [0.25, 0.3) is 5.70 Å². The van der Waals surface area contributed by atoms with Gasteiger partial charge in [0.15, 0.2) is 0 Å². The molecule has 0 spiro atoms. The van der Waals surface area contributed by atoms with Crippen molar-refractivity contribution in [2.45, 2.75) is 27.3 Å². The van der Waals surface area contributed by atoms with Gasteiger partial charge in [-0.25, -0.2) is 14.6 Å². The van der Waals surface area contributed by atoms with Crippen LogP contribution < -0.4 is 5.32 Å². The van der Waals surface area contributed by atoms with Gasteiger partial charge in [0.05, 0.1) is 29.7 Å². The first kappa shape index (κ1) is 17.3. The molecule has 2 aromatic rings. The predicted octanol–water partition coefficient (Wildman–Crippen LogP) is 2.21. The SMILES string of the molecule is C=C/C(=C\N=C)n1cc(C(=O)NCc2nc(C)cc(C)n2)c(C)n1. The van der Waals surface area contributed by atoms with Crippen molar-refractivity contribution in [1.29, 1.82) is 0 Å². The molecule has 0 aromatic carbocycles. The Kier molecular flexibility index (Phi) is 5.36. The summed E-state index contributed by atoms with van der Waals surface area (Å²) in [5.41, 5.74) is 3.44. The third-order valence-corrected chi connectivity index (χ3v) is 3.28. The number of nitrogens with one attached hydrogen (secondary N) is 1. The average Bonchev–Trinajstić information content (AvgIpc) is 2.91. The molecule has 2 rings (SSSR count). The van der Waals surface area contributed by atoms with E-state index in [0.717, 1.165) is 11.4 Å². The van der Waals surface area contributed by atoms with Gasteiger partial charge in [0, 0.05) is 17.6 Å². The zero-order chi connectivity index (χ0) is 17.7. The Morgan fingerprint density at radius 1 is 1.33 bits per heavy atom. The second kappa shape index (κ2) is 7.45. The number of rotatable bonds is 6. The molecule has 0 unspecified atom stereocenters. The summed E-state index contributed by atoms with van der Waals surface area (Å²) in [5.74, 6) is 0.338. The van der Waals surface area contributed by atoms with Crippen LogP contribution in [0.2, 0.25) is 0 Å². The highest BCUT2D eigenvalue weighted by Gasteiger charge is 2.14. The zero-order valence-corrected chi connectivity index (χ0v) is 14.1. The fraction of sp³-hybridized carbons (Fsp3) is 0.235. The molecule has 24 heavy (non-hydrogen) atoms. The van der Waals surface area contributed by atoms with Crippen LogP contribution in [0.4, 0.5) is 0 Å². The quantitative estimate of drug-likeness (QED) is 0.652. The van der Waals surface area contributed by atoms with Crippen molar-refractivity contribution in [3.8, 4) is 0 Å². The van der Waals surface area contributed by atoms with Crippen molar-refractivity contribution < 1.29 is 4.79 Å². The highest BCUT2D eigenvalue weighted by molar-refractivity contribution is 5.95. The summed E-state index contributed by atoms with van der Waals surface area (Å²) < 4.78 is 1.54. The minimum atomic E-state index is -0.239. The lowest BCUT2D eigenvalue weighted by Crippen LogP contribution is -2.24. The molecule has 0 saturated carbocycles. The first-order chi connectivity index (χ1) is 11.4. The van der Waals surface area contributed by atoms with E-state index in [0.29, 0.717) is 22.8 Å². The lowest BCUT2D eigenvalue weighted by atomic mass is 10.2. The summed E-state index contributed by atoms with van der Waals surface area (Å²) in [7, 11) is 0. The third kappa shape index (κ3) is 4.01. The second-order valence-electron chi connectivity index (χ2n) is 5.26. The lowest BCUT2D eigenvalue weighted by molar-refractivity contribution is 0.0949. The van der Waals surface area contributed by atoms with Crippen molar-refractivity contribution in [3.63, 3.8) is 0 Å². The molecule has 0 fully saturated rings. The first-order valence-electron chi connectivity index (χ1n) is 7.39. The minimum Gasteiger partial charge on any atom is -0.345 e. The van der Waals surface area contributed by atoms with E-state index in [4.69, 9.17) is 0 Å². The van der Waals surface area contributed by atoms with E-state index < -0.39 is 0 Å². The van der Waals surface area contributed by atoms with Gasteiger partial charge in [0.2, 0.25) is 0 Å². The van der Waals surface area contributed by atoms with Crippen LogP contribution in [-0.4, -0.2) is 32.4 Å². The van der Waals surface area contributed by atoms with Crippen molar-refractivity contribution in [3.05, 3.63) is 59.6 Å². The number of carbonyl (C=O) groups is 1. The molecule has 7 heteroatoms. The van der Waals surface area contributed by atoms with Gasteiger partial charge in [-0.2, -0.15) is 5.10 Å². The van der Waals surface area contributed by atoms with E-state index in [9.17, 15) is 4.79 Å². The van der Waals surface area contributed by atoms with E-state index in [2.05, 4.69) is 38.7 Å². The van der Waals surface area contributed by atoms with Crippen LogP contribution in [0, 0.1) is 20.8 Å². The Bertz CT molecular complexity index is 798. The van der Waals surface area contributed by atoms with Crippen LogP contribution in [0.3, 0.4) is 0 Å². The monoisotopic (exact) mass is 324 g/mol. The summed E-state index contributed by atoms with van der Waals surface area (Å²) in [6, 6.07) is 1.89. The summed E-state index contributed by atoms with van der Waals surface area (Å²) in [5, 5.41) is 7.12. The van der Waals surface area contributed by atoms with E-state index in [-0.39, 0.29) is 12.5 Å². The number of aliphatic imine (C=N–C) groups is 1. The fourth-order valence-electron chi connectivity index (χ4n) is 2.25. The topological polar surface area (TPSA) is 85.1 Å². The third-order valence-electron chi connectivity index (χ3n) is 3.28. The van der Waals surface area contributed by atoms with Crippen LogP contribution in [0.15, 0.2) is 36.1 Å². The van der Waals surface area contributed by atoms with Crippen molar-refractivity contribution in [1.82, 2.24) is 25.1 Å². The molecule has 1 N–H and O–H groups in total. The summed E-state index contributed by atoms with van der Waals surface area (Å²) in [4.78, 5) is 24.7. The molecule has 0 aliphatic carbocycles. The molecule has 7 nitrogen and oxygen atoms in total. The number of aromatic nitrogens is 4. The van der Waals surface area contributed by atoms with Gasteiger partial charge >= 0.3 is 0 Å². The van der Waals surface area contributed by atoms with Gasteiger partial charge in [0.25, 0.3) is 5.91 Å². The maximum atomic E-state index is 12.4.